The van der Waals surface area contributed by atoms with E-state index in [2.05, 4.69) is 15.4 Å². The predicted molar refractivity (Wildman–Crippen MR) is 91.7 cm³/mol. The van der Waals surface area contributed by atoms with Gasteiger partial charge in [0.05, 0.1) is 17.4 Å². The zero-order chi connectivity index (χ0) is 18.2. The van der Waals surface area contributed by atoms with Crippen LogP contribution in [-0.2, 0) is 10.3 Å². The minimum atomic E-state index is -1.25. The molecule has 2 aromatic heterocycles. The molecule has 0 saturated heterocycles. The van der Waals surface area contributed by atoms with Crippen molar-refractivity contribution < 1.29 is 14.7 Å². The molecule has 1 amide bonds. The molecular formula is C17H16N4O4. The van der Waals surface area contributed by atoms with E-state index < -0.39 is 17.4 Å². The fourth-order valence-corrected chi connectivity index (χ4v) is 2.38. The van der Waals surface area contributed by atoms with E-state index in [1.54, 1.807) is 24.3 Å². The maximum Gasteiger partial charge on any atom is 0.331 e. The Morgan fingerprint density at radius 1 is 1.28 bits per heavy atom. The Labute approximate surface area is 142 Å². The molecule has 8 heteroatoms. The molecule has 0 atom stereocenters. The molecule has 0 radical (unpaired) electrons. The number of anilines is 1. The van der Waals surface area contributed by atoms with Gasteiger partial charge in [0.2, 0.25) is 5.56 Å². The number of pyridine rings is 1. The SMILES string of the molecule is CC(C)(C(=O)O)n1cc(NC(=O)c2cc(=O)[nH]c3ccccc23)cn1. The number of aliphatic carboxylic acids is 1. The fourth-order valence-electron chi connectivity index (χ4n) is 2.38. The first kappa shape index (κ1) is 16.4. The molecule has 128 valence electrons. The van der Waals surface area contributed by atoms with Crippen molar-refractivity contribution in [3.8, 4) is 0 Å². The Bertz CT molecular complexity index is 1030. The van der Waals surface area contributed by atoms with Crippen LogP contribution in [0, 0.1) is 0 Å². The zero-order valence-corrected chi connectivity index (χ0v) is 13.6. The number of nitrogens with one attached hydrogen (secondary N) is 2. The molecule has 8 nitrogen and oxygen atoms in total. The van der Waals surface area contributed by atoms with Gasteiger partial charge in [0, 0.05) is 23.2 Å². The number of carbonyl (C=O) groups excluding carboxylic acids is 1. The molecule has 1 aromatic carbocycles. The first-order valence-electron chi connectivity index (χ1n) is 7.51. The summed E-state index contributed by atoms with van der Waals surface area (Å²) >= 11 is 0. The third-order valence-corrected chi connectivity index (χ3v) is 3.93. The molecule has 0 aliphatic rings. The van der Waals surface area contributed by atoms with Crippen LogP contribution < -0.4 is 10.9 Å². The first-order chi connectivity index (χ1) is 11.8. The summed E-state index contributed by atoms with van der Waals surface area (Å²) in [6, 6.07) is 8.20. The van der Waals surface area contributed by atoms with Gasteiger partial charge in [0.25, 0.3) is 5.91 Å². The van der Waals surface area contributed by atoms with Gasteiger partial charge >= 0.3 is 5.97 Å². The number of nitrogens with zero attached hydrogens (tertiary/aromatic N) is 2. The molecule has 0 bridgehead atoms. The van der Waals surface area contributed by atoms with Crippen molar-refractivity contribution in [2.24, 2.45) is 0 Å². The highest BCUT2D eigenvalue weighted by Crippen LogP contribution is 2.19. The van der Waals surface area contributed by atoms with Gasteiger partial charge in [-0.1, -0.05) is 18.2 Å². The molecule has 0 unspecified atom stereocenters. The van der Waals surface area contributed by atoms with E-state index in [1.807, 2.05) is 0 Å². The Kier molecular flexibility index (Phi) is 3.88. The van der Waals surface area contributed by atoms with E-state index in [1.165, 1.54) is 37.0 Å². The number of carboxylic acids is 1. The number of amides is 1. The molecule has 25 heavy (non-hydrogen) atoms. The van der Waals surface area contributed by atoms with Crippen molar-refractivity contribution in [3.63, 3.8) is 0 Å². The van der Waals surface area contributed by atoms with Gasteiger partial charge in [-0.15, -0.1) is 0 Å². The Morgan fingerprint density at radius 3 is 2.72 bits per heavy atom. The predicted octanol–water partition coefficient (Wildman–Crippen LogP) is 1.80. The van der Waals surface area contributed by atoms with Crippen molar-refractivity contribution in [3.05, 3.63) is 58.6 Å². The first-order valence-corrected chi connectivity index (χ1v) is 7.51. The largest absolute Gasteiger partial charge is 0.479 e. The molecule has 0 aliphatic heterocycles. The van der Waals surface area contributed by atoms with Gasteiger partial charge in [0.1, 0.15) is 0 Å². The van der Waals surface area contributed by atoms with E-state index in [4.69, 9.17) is 0 Å². The topological polar surface area (TPSA) is 117 Å². The van der Waals surface area contributed by atoms with Gasteiger partial charge in [-0.25, -0.2) is 4.79 Å². The monoisotopic (exact) mass is 340 g/mol. The molecule has 0 spiro atoms. The minimum absolute atomic E-state index is 0.226. The average Bonchev–Trinajstić information content (AvgIpc) is 3.03. The van der Waals surface area contributed by atoms with Crippen LogP contribution in [0.4, 0.5) is 5.69 Å². The standard InChI is InChI=1S/C17H16N4O4/c1-17(2,16(24)25)21-9-10(8-18-21)19-15(23)12-7-14(22)20-13-6-4-3-5-11(12)13/h3-9H,1-2H3,(H,19,23)(H,20,22)(H,24,25). The van der Waals surface area contributed by atoms with E-state index in [-0.39, 0.29) is 11.1 Å². The second-order valence-corrected chi connectivity index (χ2v) is 6.08. The lowest BCUT2D eigenvalue weighted by Crippen LogP contribution is -2.35. The smallest absolute Gasteiger partial charge is 0.331 e. The van der Waals surface area contributed by atoms with E-state index in [0.29, 0.717) is 16.6 Å². The van der Waals surface area contributed by atoms with Crippen LogP contribution in [0.5, 0.6) is 0 Å². The van der Waals surface area contributed by atoms with Gasteiger partial charge in [-0.05, 0) is 19.9 Å². The van der Waals surface area contributed by atoms with Crippen LogP contribution >= 0.6 is 0 Å². The summed E-state index contributed by atoms with van der Waals surface area (Å²) in [5.41, 5.74) is -0.512. The summed E-state index contributed by atoms with van der Waals surface area (Å²) in [6.07, 6.45) is 2.79. The van der Waals surface area contributed by atoms with Crippen LogP contribution in [0.1, 0.15) is 24.2 Å². The highest BCUT2D eigenvalue weighted by Gasteiger charge is 2.30. The number of para-hydroxylation sites is 1. The lowest BCUT2D eigenvalue weighted by atomic mass is 10.1. The molecule has 0 saturated carbocycles. The maximum absolute atomic E-state index is 12.6. The number of carbonyl (C=O) groups is 2. The Balaban J connectivity index is 1.93. The molecule has 2 heterocycles. The summed E-state index contributed by atoms with van der Waals surface area (Å²) < 4.78 is 1.25. The zero-order valence-electron chi connectivity index (χ0n) is 13.6. The molecule has 0 fully saturated rings. The Hall–Kier alpha value is -3.42. The summed E-state index contributed by atoms with van der Waals surface area (Å²) in [5.74, 6) is -1.52. The highest BCUT2D eigenvalue weighted by molar-refractivity contribution is 6.12. The number of H-pyrrole nitrogens is 1. The lowest BCUT2D eigenvalue weighted by Gasteiger charge is -2.19. The van der Waals surface area contributed by atoms with Crippen LogP contribution in [0.2, 0.25) is 0 Å². The summed E-state index contributed by atoms with van der Waals surface area (Å²) in [5, 5.41) is 16.5. The third-order valence-electron chi connectivity index (χ3n) is 3.93. The number of aromatic nitrogens is 3. The molecule has 0 aliphatic carbocycles. The minimum Gasteiger partial charge on any atom is -0.479 e. The van der Waals surface area contributed by atoms with Gasteiger partial charge in [-0.3, -0.25) is 14.3 Å². The summed E-state index contributed by atoms with van der Waals surface area (Å²) in [7, 11) is 0. The number of hydrogen-bond donors (Lipinski definition) is 3. The average molecular weight is 340 g/mol. The number of hydrogen-bond acceptors (Lipinski definition) is 4. The number of carboxylic acid groups (broad SMARTS) is 1. The molecule has 3 aromatic rings. The van der Waals surface area contributed by atoms with E-state index in [0.717, 1.165) is 0 Å². The number of rotatable bonds is 4. The van der Waals surface area contributed by atoms with Crippen LogP contribution in [0.15, 0.2) is 47.5 Å². The van der Waals surface area contributed by atoms with Gasteiger partial charge in [0.15, 0.2) is 5.54 Å². The second-order valence-electron chi connectivity index (χ2n) is 6.08. The normalized spacial score (nSPS) is 11.4. The van der Waals surface area contributed by atoms with Gasteiger partial charge in [-0.2, -0.15) is 5.10 Å². The van der Waals surface area contributed by atoms with Crippen molar-refractivity contribution in [2.75, 3.05) is 5.32 Å². The fraction of sp³-hybridized carbons (Fsp3) is 0.176. The van der Waals surface area contributed by atoms with Crippen molar-refractivity contribution in [1.29, 1.82) is 0 Å². The van der Waals surface area contributed by atoms with Crippen molar-refractivity contribution >= 4 is 28.5 Å². The maximum atomic E-state index is 12.6. The van der Waals surface area contributed by atoms with E-state index in [9.17, 15) is 19.5 Å². The summed E-state index contributed by atoms with van der Waals surface area (Å²) in [4.78, 5) is 38.3. The summed E-state index contributed by atoms with van der Waals surface area (Å²) in [6.45, 7) is 3.00. The van der Waals surface area contributed by atoms with Gasteiger partial charge < -0.3 is 15.4 Å². The highest BCUT2D eigenvalue weighted by atomic mass is 16.4. The quantitative estimate of drug-likeness (QED) is 0.669. The number of fused-ring (bicyclic) bond motifs is 1. The lowest BCUT2D eigenvalue weighted by molar-refractivity contribution is -0.146. The van der Waals surface area contributed by atoms with Crippen molar-refractivity contribution in [2.45, 2.75) is 19.4 Å². The van der Waals surface area contributed by atoms with Crippen LogP contribution in [0.25, 0.3) is 10.9 Å². The third kappa shape index (κ3) is 3.01. The number of aromatic amines is 1. The number of benzene rings is 1. The van der Waals surface area contributed by atoms with E-state index >= 15 is 0 Å². The second kappa shape index (κ2) is 5.90. The van der Waals surface area contributed by atoms with Crippen molar-refractivity contribution in [1.82, 2.24) is 14.8 Å². The molecule has 3 rings (SSSR count). The molecular weight excluding hydrogens is 324 g/mol. The van der Waals surface area contributed by atoms with Crippen LogP contribution in [0.3, 0.4) is 0 Å². The molecule has 3 N–H and O–H groups in total. The Morgan fingerprint density at radius 2 is 2.00 bits per heavy atom. The van der Waals surface area contributed by atoms with Crippen LogP contribution in [-0.4, -0.2) is 31.7 Å².